The predicted molar refractivity (Wildman–Crippen MR) is 68.0 cm³/mol. The van der Waals surface area contributed by atoms with Crippen LogP contribution in [0.15, 0.2) is 12.1 Å². The second kappa shape index (κ2) is 6.34. The maximum atomic E-state index is 11.2. The average molecular weight is 318 g/mol. The van der Waals surface area contributed by atoms with Gasteiger partial charge in [0.05, 0.1) is 31.6 Å². The Labute approximate surface area is 112 Å². The number of carbonyl (C=O) groups is 1. The summed E-state index contributed by atoms with van der Waals surface area (Å²) in [4.78, 5) is 21.6. The van der Waals surface area contributed by atoms with Gasteiger partial charge in [0.2, 0.25) is 0 Å². The van der Waals surface area contributed by atoms with E-state index in [2.05, 4.69) is 20.7 Å². The van der Waals surface area contributed by atoms with Crippen LogP contribution in [0.25, 0.3) is 0 Å². The quantitative estimate of drug-likeness (QED) is 0.360. The number of rotatable bonds is 5. The molecular formula is C11H12BrNO5. The molecule has 0 spiro atoms. The van der Waals surface area contributed by atoms with Crippen molar-refractivity contribution in [1.29, 1.82) is 0 Å². The fraction of sp³-hybridized carbons (Fsp3) is 0.364. The Kier molecular flexibility index (Phi) is 5.08. The lowest BCUT2D eigenvalue weighted by Crippen LogP contribution is -2.07. The minimum absolute atomic E-state index is 0.0116. The number of ether oxygens (including phenoxy) is 2. The monoisotopic (exact) mass is 317 g/mol. The van der Waals surface area contributed by atoms with Gasteiger partial charge in [0, 0.05) is 16.5 Å². The number of benzene rings is 1. The minimum Gasteiger partial charge on any atom is -0.496 e. The largest absolute Gasteiger partial charge is 0.496 e. The van der Waals surface area contributed by atoms with Gasteiger partial charge in [0.1, 0.15) is 5.75 Å². The SMILES string of the molecule is COC(=O)Cc1cc(CBr)c([N+](=O)[O-])cc1OC. The summed E-state index contributed by atoms with van der Waals surface area (Å²) in [6.45, 7) is 0. The van der Waals surface area contributed by atoms with E-state index < -0.39 is 10.9 Å². The number of hydrogen-bond acceptors (Lipinski definition) is 5. The van der Waals surface area contributed by atoms with Crippen LogP contribution in [0.1, 0.15) is 11.1 Å². The van der Waals surface area contributed by atoms with E-state index in [1.807, 2.05) is 0 Å². The standard InChI is InChI=1S/C11H12BrNO5/c1-17-10-5-9(13(15)16)8(6-12)3-7(10)4-11(14)18-2/h3,5H,4,6H2,1-2H3. The zero-order valence-electron chi connectivity index (χ0n) is 9.94. The molecule has 0 unspecified atom stereocenters. The van der Waals surface area contributed by atoms with Gasteiger partial charge in [0.15, 0.2) is 0 Å². The number of nitro groups is 1. The highest BCUT2D eigenvalue weighted by Crippen LogP contribution is 2.30. The second-order valence-corrected chi connectivity index (χ2v) is 4.00. The number of carbonyl (C=O) groups excluding carboxylic acids is 1. The van der Waals surface area contributed by atoms with E-state index in [9.17, 15) is 14.9 Å². The van der Waals surface area contributed by atoms with Crippen molar-refractivity contribution in [3.63, 3.8) is 0 Å². The van der Waals surface area contributed by atoms with Crippen LogP contribution in [0, 0.1) is 10.1 Å². The van der Waals surface area contributed by atoms with Gasteiger partial charge in [-0.1, -0.05) is 15.9 Å². The van der Waals surface area contributed by atoms with Gasteiger partial charge in [-0.15, -0.1) is 0 Å². The van der Waals surface area contributed by atoms with E-state index >= 15 is 0 Å². The summed E-state index contributed by atoms with van der Waals surface area (Å²) in [6, 6.07) is 2.89. The third-order valence-corrected chi connectivity index (χ3v) is 2.99. The third-order valence-electron chi connectivity index (χ3n) is 2.38. The number of nitrogens with zero attached hydrogens (tertiary/aromatic N) is 1. The Balaban J connectivity index is 3.26. The van der Waals surface area contributed by atoms with Crippen molar-refractivity contribution in [2.24, 2.45) is 0 Å². The molecule has 0 aliphatic carbocycles. The zero-order chi connectivity index (χ0) is 13.7. The summed E-state index contributed by atoms with van der Waals surface area (Å²) in [5.41, 5.74) is 1.00. The van der Waals surface area contributed by atoms with Crippen molar-refractivity contribution in [1.82, 2.24) is 0 Å². The highest BCUT2D eigenvalue weighted by molar-refractivity contribution is 9.08. The van der Waals surface area contributed by atoms with Crippen LogP contribution in [0.4, 0.5) is 5.69 Å². The number of methoxy groups -OCH3 is 2. The van der Waals surface area contributed by atoms with Gasteiger partial charge in [-0.25, -0.2) is 0 Å². The van der Waals surface area contributed by atoms with E-state index in [1.165, 1.54) is 20.3 Å². The molecule has 0 amide bonds. The smallest absolute Gasteiger partial charge is 0.310 e. The van der Waals surface area contributed by atoms with E-state index in [0.717, 1.165) is 0 Å². The topological polar surface area (TPSA) is 78.7 Å². The molecule has 1 aromatic carbocycles. The maximum Gasteiger partial charge on any atom is 0.310 e. The second-order valence-electron chi connectivity index (χ2n) is 3.44. The Hall–Kier alpha value is -1.63. The Morgan fingerprint density at radius 3 is 2.50 bits per heavy atom. The Morgan fingerprint density at radius 2 is 2.06 bits per heavy atom. The molecule has 0 fully saturated rings. The molecule has 0 radical (unpaired) electrons. The van der Waals surface area contributed by atoms with Gasteiger partial charge in [-0.2, -0.15) is 0 Å². The van der Waals surface area contributed by atoms with E-state index in [1.54, 1.807) is 6.07 Å². The summed E-state index contributed by atoms with van der Waals surface area (Å²) >= 11 is 3.18. The molecule has 0 N–H and O–H groups in total. The fourth-order valence-corrected chi connectivity index (χ4v) is 1.95. The lowest BCUT2D eigenvalue weighted by atomic mass is 10.1. The molecule has 0 aromatic heterocycles. The summed E-state index contributed by atoms with van der Waals surface area (Å²) < 4.78 is 9.62. The first kappa shape index (κ1) is 14.4. The zero-order valence-corrected chi connectivity index (χ0v) is 11.5. The van der Waals surface area contributed by atoms with Crippen LogP contribution in [-0.4, -0.2) is 25.1 Å². The van der Waals surface area contributed by atoms with Crippen molar-refractivity contribution in [3.05, 3.63) is 33.4 Å². The van der Waals surface area contributed by atoms with Crippen LogP contribution in [0.2, 0.25) is 0 Å². The van der Waals surface area contributed by atoms with Gasteiger partial charge in [-0.05, 0) is 6.07 Å². The lowest BCUT2D eigenvalue weighted by molar-refractivity contribution is -0.385. The number of alkyl halides is 1. The van der Waals surface area contributed by atoms with Gasteiger partial charge >= 0.3 is 5.97 Å². The molecule has 18 heavy (non-hydrogen) atoms. The molecule has 0 heterocycles. The first-order chi connectivity index (χ1) is 8.53. The molecule has 1 rings (SSSR count). The highest BCUT2D eigenvalue weighted by atomic mass is 79.9. The summed E-state index contributed by atoms with van der Waals surface area (Å²) in [6.07, 6.45) is 0.0116. The van der Waals surface area contributed by atoms with E-state index in [-0.39, 0.29) is 12.1 Å². The summed E-state index contributed by atoms with van der Waals surface area (Å²) in [5.74, 6) is -0.125. The normalized spacial score (nSPS) is 9.94. The van der Waals surface area contributed by atoms with Gasteiger partial charge < -0.3 is 9.47 Å². The molecular weight excluding hydrogens is 306 g/mol. The van der Waals surface area contributed by atoms with Crippen LogP contribution >= 0.6 is 15.9 Å². The van der Waals surface area contributed by atoms with Crippen molar-refractivity contribution in [3.8, 4) is 5.75 Å². The number of hydrogen-bond donors (Lipinski definition) is 0. The highest BCUT2D eigenvalue weighted by Gasteiger charge is 2.19. The van der Waals surface area contributed by atoms with E-state index in [0.29, 0.717) is 22.2 Å². The lowest BCUT2D eigenvalue weighted by Gasteiger charge is -2.09. The van der Waals surface area contributed by atoms with Gasteiger partial charge in [0.25, 0.3) is 5.69 Å². The Bertz CT molecular complexity index is 475. The first-order valence-corrected chi connectivity index (χ1v) is 6.12. The van der Waals surface area contributed by atoms with Gasteiger partial charge in [-0.3, -0.25) is 14.9 Å². The maximum absolute atomic E-state index is 11.2. The molecule has 1 aromatic rings. The van der Waals surface area contributed by atoms with Crippen molar-refractivity contribution >= 4 is 27.6 Å². The molecule has 0 saturated carbocycles. The number of nitro benzene ring substituents is 1. The van der Waals surface area contributed by atoms with Crippen LogP contribution in [-0.2, 0) is 21.3 Å². The van der Waals surface area contributed by atoms with Crippen LogP contribution < -0.4 is 4.74 Å². The first-order valence-electron chi connectivity index (χ1n) is 5.00. The number of esters is 1. The molecule has 7 heteroatoms. The molecule has 98 valence electrons. The Morgan fingerprint density at radius 1 is 1.39 bits per heavy atom. The molecule has 0 aliphatic heterocycles. The summed E-state index contributed by atoms with van der Waals surface area (Å²) in [7, 11) is 2.68. The van der Waals surface area contributed by atoms with Crippen molar-refractivity contribution in [2.45, 2.75) is 11.8 Å². The van der Waals surface area contributed by atoms with Crippen molar-refractivity contribution in [2.75, 3.05) is 14.2 Å². The van der Waals surface area contributed by atoms with Crippen LogP contribution in [0.3, 0.4) is 0 Å². The third kappa shape index (κ3) is 3.19. The predicted octanol–water partition coefficient (Wildman–Crippen LogP) is 2.21. The summed E-state index contributed by atoms with van der Waals surface area (Å²) in [5, 5.41) is 11.2. The van der Waals surface area contributed by atoms with E-state index in [4.69, 9.17) is 4.74 Å². The fourth-order valence-electron chi connectivity index (χ4n) is 1.50. The molecule has 0 bridgehead atoms. The van der Waals surface area contributed by atoms with Crippen molar-refractivity contribution < 1.29 is 19.2 Å². The average Bonchev–Trinajstić information content (AvgIpc) is 2.37. The number of halogens is 1. The molecule has 0 atom stereocenters. The van der Waals surface area contributed by atoms with Crippen LogP contribution in [0.5, 0.6) is 5.75 Å². The molecule has 0 aliphatic rings. The minimum atomic E-state index is -0.485. The molecule has 6 nitrogen and oxygen atoms in total. The molecule has 0 saturated heterocycles.